The van der Waals surface area contributed by atoms with Gasteiger partial charge in [0.2, 0.25) is 0 Å². The number of benzene rings is 1. The summed E-state index contributed by atoms with van der Waals surface area (Å²) in [5, 5.41) is 13.6. The Morgan fingerprint density at radius 3 is 2.54 bits per heavy atom. The molecule has 1 aromatic carbocycles. The normalized spacial score (nSPS) is 18.0. The van der Waals surface area contributed by atoms with Crippen LogP contribution in [-0.2, 0) is 0 Å². The van der Waals surface area contributed by atoms with Crippen molar-refractivity contribution in [3.05, 3.63) is 58.3 Å². The van der Waals surface area contributed by atoms with Crippen LogP contribution in [0, 0.1) is 5.82 Å². The molecule has 0 radical (unpaired) electrons. The van der Waals surface area contributed by atoms with Crippen molar-refractivity contribution in [3.8, 4) is 0 Å². The number of likely N-dealkylation sites (tertiary alicyclic amines) is 1. The molecule has 144 valence electrons. The van der Waals surface area contributed by atoms with Gasteiger partial charge in [-0.2, -0.15) is 9.61 Å². The van der Waals surface area contributed by atoms with E-state index in [1.807, 2.05) is 16.6 Å². The molecule has 2 aromatic heterocycles. The number of fused-ring (bicyclic) bond motifs is 1. The van der Waals surface area contributed by atoms with E-state index in [2.05, 4.69) is 10.2 Å². The SMILES string of the molecule is O=C(c1cc(F)cc(Cl)c1)N1CCC(c2nnc3ccc(C4CC4)nn23)CC1. The third kappa shape index (κ3) is 3.24. The van der Waals surface area contributed by atoms with Gasteiger partial charge in [0.25, 0.3) is 5.91 Å². The lowest BCUT2D eigenvalue weighted by molar-refractivity contribution is 0.0710. The fraction of sp³-hybridized carbons (Fsp3) is 0.400. The lowest BCUT2D eigenvalue weighted by atomic mass is 9.95. The molecule has 5 rings (SSSR count). The minimum Gasteiger partial charge on any atom is -0.339 e. The van der Waals surface area contributed by atoms with Crippen molar-refractivity contribution in [2.45, 2.75) is 37.5 Å². The van der Waals surface area contributed by atoms with Gasteiger partial charge in [-0.05, 0) is 56.0 Å². The fourth-order valence-electron chi connectivity index (χ4n) is 3.87. The van der Waals surface area contributed by atoms with Crippen molar-refractivity contribution < 1.29 is 9.18 Å². The molecule has 0 unspecified atom stereocenters. The zero-order valence-electron chi connectivity index (χ0n) is 15.2. The molecular formula is C20H19ClFN5O. The maximum atomic E-state index is 13.6. The maximum Gasteiger partial charge on any atom is 0.254 e. The molecule has 0 bridgehead atoms. The predicted molar refractivity (Wildman–Crippen MR) is 102 cm³/mol. The summed E-state index contributed by atoms with van der Waals surface area (Å²) in [6, 6.07) is 7.95. The van der Waals surface area contributed by atoms with E-state index < -0.39 is 5.82 Å². The monoisotopic (exact) mass is 399 g/mol. The largest absolute Gasteiger partial charge is 0.339 e. The molecule has 1 saturated heterocycles. The van der Waals surface area contributed by atoms with Crippen LogP contribution in [0.5, 0.6) is 0 Å². The highest BCUT2D eigenvalue weighted by atomic mass is 35.5. The average Bonchev–Trinajstić information content (AvgIpc) is 3.46. The molecule has 0 atom stereocenters. The quantitative estimate of drug-likeness (QED) is 0.671. The number of piperidine rings is 1. The van der Waals surface area contributed by atoms with Crippen molar-refractivity contribution in [1.82, 2.24) is 24.7 Å². The highest BCUT2D eigenvalue weighted by Crippen LogP contribution is 2.39. The summed E-state index contributed by atoms with van der Waals surface area (Å²) in [6.45, 7) is 1.16. The first kappa shape index (κ1) is 17.6. The third-order valence-corrected chi connectivity index (χ3v) is 5.78. The number of rotatable bonds is 3. The van der Waals surface area contributed by atoms with Gasteiger partial charge in [0.15, 0.2) is 11.5 Å². The van der Waals surface area contributed by atoms with Crippen LogP contribution in [0.2, 0.25) is 5.02 Å². The topological polar surface area (TPSA) is 63.4 Å². The minimum absolute atomic E-state index is 0.192. The molecular weight excluding hydrogens is 381 g/mol. The van der Waals surface area contributed by atoms with Crippen LogP contribution in [0.1, 0.15) is 59.4 Å². The van der Waals surface area contributed by atoms with Crippen LogP contribution in [0.4, 0.5) is 4.39 Å². The van der Waals surface area contributed by atoms with Crippen LogP contribution in [0.25, 0.3) is 5.65 Å². The first-order valence-corrected chi connectivity index (χ1v) is 9.94. The zero-order chi connectivity index (χ0) is 19.3. The Bertz CT molecular complexity index is 1040. The number of nitrogens with zero attached hydrogens (tertiary/aromatic N) is 5. The van der Waals surface area contributed by atoms with E-state index in [9.17, 15) is 9.18 Å². The lowest BCUT2D eigenvalue weighted by Gasteiger charge is -2.31. The molecule has 1 aliphatic heterocycles. The third-order valence-electron chi connectivity index (χ3n) is 5.56. The Morgan fingerprint density at radius 2 is 1.82 bits per heavy atom. The maximum absolute atomic E-state index is 13.6. The standard InChI is InChI=1S/C20H19ClFN5O/c21-15-9-14(10-16(22)11-15)20(28)26-7-5-13(6-8-26)19-24-23-18-4-3-17(12-1-2-12)25-27(18)19/h3-4,9-13H,1-2,5-8H2. The van der Waals surface area contributed by atoms with Crippen LogP contribution in [0.3, 0.4) is 0 Å². The van der Waals surface area contributed by atoms with Crippen molar-refractivity contribution in [3.63, 3.8) is 0 Å². The number of carbonyl (C=O) groups is 1. The number of hydrogen-bond acceptors (Lipinski definition) is 4. The summed E-state index contributed by atoms with van der Waals surface area (Å²) in [6.07, 6.45) is 3.93. The van der Waals surface area contributed by atoms with Gasteiger partial charge in [-0.15, -0.1) is 10.2 Å². The number of halogens is 2. The van der Waals surface area contributed by atoms with Gasteiger partial charge in [-0.1, -0.05) is 11.6 Å². The van der Waals surface area contributed by atoms with Crippen LogP contribution >= 0.6 is 11.6 Å². The Hall–Kier alpha value is -2.54. The van der Waals surface area contributed by atoms with Crippen molar-refractivity contribution in [2.75, 3.05) is 13.1 Å². The van der Waals surface area contributed by atoms with Gasteiger partial charge < -0.3 is 4.90 Å². The molecule has 1 aliphatic carbocycles. The number of hydrogen-bond donors (Lipinski definition) is 0. The lowest BCUT2D eigenvalue weighted by Crippen LogP contribution is -2.38. The van der Waals surface area contributed by atoms with Crippen molar-refractivity contribution in [1.29, 1.82) is 0 Å². The summed E-state index contributed by atoms with van der Waals surface area (Å²) in [4.78, 5) is 14.4. The number of carbonyl (C=O) groups excluding carboxylic acids is 1. The van der Waals surface area contributed by atoms with E-state index >= 15 is 0 Å². The Kier molecular flexibility index (Phi) is 4.27. The Balaban J connectivity index is 1.32. The molecule has 2 fully saturated rings. The molecule has 0 N–H and O–H groups in total. The smallest absolute Gasteiger partial charge is 0.254 e. The van der Waals surface area contributed by atoms with E-state index in [0.29, 0.717) is 19.0 Å². The van der Waals surface area contributed by atoms with E-state index in [1.165, 1.54) is 31.0 Å². The van der Waals surface area contributed by atoms with Crippen molar-refractivity contribution in [2.24, 2.45) is 0 Å². The van der Waals surface area contributed by atoms with E-state index in [-0.39, 0.29) is 22.4 Å². The highest BCUT2D eigenvalue weighted by molar-refractivity contribution is 6.31. The van der Waals surface area contributed by atoms with E-state index in [0.717, 1.165) is 30.0 Å². The first-order chi connectivity index (χ1) is 13.6. The summed E-state index contributed by atoms with van der Waals surface area (Å²) in [5.74, 6) is 0.922. The average molecular weight is 400 g/mol. The van der Waals surface area contributed by atoms with Crippen molar-refractivity contribution >= 4 is 23.2 Å². The summed E-state index contributed by atoms with van der Waals surface area (Å²) < 4.78 is 15.4. The van der Waals surface area contributed by atoms with Gasteiger partial charge in [-0.25, -0.2) is 4.39 Å². The fourth-order valence-corrected chi connectivity index (χ4v) is 4.09. The van der Waals surface area contributed by atoms with Crippen LogP contribution in [0.15, 0.2) is 30.3 Å². The Morgan fingerprint density at radius 1 is 1.04 bits per heavy atom. The molecule has 3 heterocycles. The molecule has 1 amide bonds. The summed E-state index contributed by atoms with van der Waals surface area (Å²) in [5.41, 5.74) is 2.14. The minimum atomic E-state index is -0.502. The first-order valence-electron chi connectivity index (χ1n) is 9.56. The molecule has 6 nitrogen and oxygen atoms in total. The second-order valence-electron chi connectivity index (χ2n) is 7.59. The molecule has 8 heteroatoms. The highest BCUT2D eigenvalue weighted by Gasteiger charge is 2.29. The summed E-state index contributed by atoms with van der Waals surface area (Å²) >= 11 is 5.88. The second kappa shape index (κ2) is 6.81. The number of aromatic nitrogens is 4. The predicted octanol–water partition coefficient (Wildman–Crippen LogP) is 3.81. The van der Waals surface area contributed by atoms with E-state index in [4.69, 9.17) is 16.7 Å². The van der Waals surface area contributed by atoms with Crippen LogP contribution < -0.4 is 0 Å². The molecule has 1 saturated carbocycles. The van der Waals surface area contributed by atoms with Gasteiger partial charge in [0.05, 0.1) is 5.69 Å². The van der Waals surface area contributed by atoms with Gasteiger partial charge in [0, 0.05) is 35.5 Å². The second-order valence-corrected chi connectivity index (χ2v) is 8.02. The van der Waals surface area contributed by atoms with Gasteiger partial charge in [0.1, 0.15) is 5.82 Å². The molecule has 3 aromatic rings. The molecule has 2 aliphatic rings. The molecule has 28 heavy (non-hydrogen) atoms. The number of amides is 1. The van der Waals surface area contributed by atoms with Crippen LogP contribution in [-0.4, -0.2) is 43.7 Å². The van der Waals surface area contributed by atoms with E-state index in [1.54, 1.807) is 4.90 Å². The molecule has 0 spiro atoms. The summed E-state index contributed by atoms with van der Waals surface area (Å²) in [7, 11) is 0. The Labute approximate surface area is 166 Å². The van der Waals surface area contributed by atoms with Gasteiger partial charge in [-0.3, -0.25) is 4.79 Å². The zero-order valence-corrected chi connectivity index (χ0v) is 15.9. The van der Waals surface area contributed by atoms with Gasteiger partial charge >= 0.3 is 0 Å².